The summed E-state index contributed by atoms with van der Waals surface area (Å²) in [5, 5.41) is 12.3. The number of carbonyl (C=O) groups excluding carboxylic acids is 1. The highest BCUT2D eigenvalue weighted by atomic mass is 16.2. The zero-order chi connectivity index (χ0) is 12.9. The second kappa shape index (κ2) is 3.98. The lowest BCUT2D eigenvalue weighted by molar-refractivity contribution is -0.124. The molecule has 0 radical (unpaired) electrons. The second-order valence-electron chi connectivity index (χ2n) is 6.40. The number of carbonyl (C=O) groups is 1. The van der Waals surface area contributed by atoms with Crippen molar-refractivity contribution in [2.45, 2.75) is 51.5 Å². The average molecular weight is 246 g/mol. The molecule has 4 unspecified atom stereocenters. The zero-order valence-corrected chi connectivity index (χ0v) is 11.3. The lowest BCUT2D eigenvalue weighted by Gasteiger charge is -2.25. The fraction of sp³-hybridized carbons (Fsp3) is 0.867. The Kier molecular flexibility index (Phi) is 2.66. The van der Waals surface area contributed by atoms with Crippen LogP contribution in [0, 0.1) is 40.9 Å². The van der Waals surface area contributed by atoms with Crippen LogP contribution >= 0.6 is 0 Å². The molecule has 98 valence electrons. The van der Waals surface area contributed by atoms with Gasteiger partial charge in [0.2, 0.25) is 5.91 Å². The molecule has 3 heteroatoms. The van der Waals surface area contributed by atoms with Crippen LogP contribution < -0.4 is 5.32 Å². The Hall–Kier alpha value is -1.04. The summed E-state index contributed by atoms with van der Waals surface area (Å²) < 4.78 is 0. The summed E-state index contributed by atoms with van der Waals surface area (Å²) >= 11 is 0. The molecule has 4 atom stereocenters. The van der Waals surface area contributed by atoms with Gasteiger partial charge in [-0.3, -0.25) is 4.79 Å². The van der Waals surface area contributed by atoms with Crippen molar-refractivity contribution in [3.63, 3.8) is 0 Å². The molecule has 3 rings (SSSR count). The molecule has 18 heavy (non-hydrogen) atoms. The highest BCUT2D eigenvalue weighted by Gasteiger charge is 2.67. The molecular weight excluding hydrogens is 224 g/mol. The van der Waals surface area contributed by atoms with E-state index in [0.29, 0.717) is 24.7 Å². The van der Waals surface area contributed by atoms with E-state index in [9.17, 15) is 10.1 Å². The van der Waals surface area contributed by atoms with E-state index in [-0.39, 0.29) is 11.8 Å². The Labute approximate surface area is 109 Å². The molecule has 0 spiro atoms. The molecule has 1 amide bonds. The number of rotatable bonds is 4. The minimum atomic E-state index is -0.632. The molecule has 0 saturated heterocycles. The maximum atomic E-state index is 12.4. The van der Waals surface area contributed by atoms with E-state index in [1.165, 1.54) is 19.3 Å². The number of nitriles is 1. The minimum absolute atomic E-state index is 0.159. The van der Waals surface area contributed by atoms with Crippen molar-refractivity contribution in [3.8, 4) is 6.07 Å². The molecule has 3 fully saturated rings. The summed E-state index contributed by atoms with van der Waals surface area (Å²) in [6, 6.07) is 2.30. The molecule has 0 aliphatic heterocycles. The quantitative estimate of drug-likeness (QED) is 0.828. The van der Waals surface area contributed by atoms with Crippen LogP contribution in [0.3, 0.4) is 0 Å². The molecule has 3 saturated carbocycles. The van der Waals surface area contributed by atoms with Crippen LogP contribution in [0.25, 0.3) is 0 Å². The molecule has 3 aliphatic carbocycles. The third-order valence-electron chi connectivity index (χ3n) is 5.82. The van der Waals surface area contributed by atoms with Gasteiger partial charge in [0, 0.05) is 5.92 Å². The number of amides is 1. The third-order valence-corrected chi connectivity index (χ3v) is 5.82. The van der Waals surface area contributed by atoms with Crippen molar-refractivity contribution in [2.24, 2.45) is 29.6 Å². The summed E-state index contributed by atoms with van der Waals surface area (Å²) in [7, 11) is 0. The normalized spacial score (nSPS) is 40.2. The molecule has 3 nitrogen and oxygen atoms in total. The molecule has 3 aliphatic rings. The van der Waals surface area contributed by atoms with Gasteiger partial charge in [0.1, 0.15) is 5.54 Å². The maximum absolute atomic E-state index is 12.4. The lowest BCUT2D eigenvalue weighted by Crippen LogP contribution is -2.47. The van der Waals surface area contributed by atoms with E-state index in [1.807, 2.05) is 13.8 Å². The van der Waals surface area contributed by atoms with Crippen molar-refractivity contribution >= 4 is 5.91 Å². The standard InChI is InChI=1S/C15H22N2O/c1-3-15(4-2,8-16)17-14(18)13-11-9-5-6-10(7-9)12(11)13/h9-13H,3-7H2,1-2H3,(H,17,18). The molecule has 0 aromatic carbocycles. The largest absolute Gasteiger partial charge is 0.338 e. The summed E-state index contributed by atoms with van der Waals surface area (Å²) in [5.74, 6) is 3.35. The predicted molar refractivity (Wildman–Crippen MR) is 68.4 cm³/mol. The first-order valence-electron chi connectivity index (χ1n) is 7.39. The molecule has 1 N–H and O–H groups in total. The van der Waals surface area contributed by atoms with E-state index in [1.54, 1.807) is 0 Å². The summed E-state index contributed by atoms with van der Waals surface area (Å²) in [4.78, 5) is 12.4. The van der Waals surface area contributed by atoms with Crippen LogP contribution in [0.15, 0.2) is 0 Å². The molecule has 0 aromatic heterocycles. The zero-order valence-electron chi connectivity index (χ0n) is 11.3. The summed E-state index contributed by atoms with van der Waals surface area (Å²) in [5.41, 5.74) is -0.632. The van der Waals surface area contributed by atoms with E-state index in [2.05, 4.69) is 11.4 Å². The van der Waals surface area contributed by atoms with Gasteiger partial charge >= 0.3 is 0 Å². The highest BCUT2D eigenvalue weighted by Crippen LogP contribution is 2.69. The van der Waals surface area contributed by atoms with Crippen LogP contribution in [0.1, 0.15) is 46.0 Å². The molecule has 2 bridgehead atoms. The van der Waals surface area contributed by atoms with Crippen LogP contribution in [0.5, 0.6) is 0 Å². The highest BCUT2D eigenvalue weighted by molar-refractivity contribution is 5.83. The Balaban J connectivity index is 1.66. The van der Waals surface area contributed by atoms with E-state index in [0.717, 1.165) is 11.8 Å². The number of fused-ring (bicyclic) bond motifs is 5. The average Bonchev–Trinajstić information content (AvgIpc) is 2.85. The third kappa shape index (κ3) is 1.51. The van der Waals surface area contributed by atoms with E-state index in [4.69, 9.17) is 0 Å². The first-order chi connectivity index (χ1) is 8.65. The Bertz CT molecular complexity index is 391. The van der Waals surface area contributed by atoms with Crippen molar-refractivity contribution < 1.29 is 4.79 Å². The van der Waals surface area contributed by atoms with Gasteiger partial charge < -0.3 is 5.32 Å². The Morgan fingerprint density at radius 1 is 1.28 bits per heavy atom. The van der Waals surface area contributed by atoms with Crippen LogP contribution in [0.4, 0.5) is 0 Å². The van der Waals surface area contributed by atoms with Crippen molar-refractivity contribution in [1.82, 2.24) is 5.32 Å². The molecule has 0 aromatic rings. The Morgan fingerprint density at radius 3 is 2.28 bits per heavy atom. The minimum Gasteiger partial charge on any atom is -0.338 e. The molecular formula is C15H22N2O. The lowest BCUT2D eigenvalue weighted by atomic mass is 9.93. The first-order valence-corrected chi connectivity index (χ1v) is 7.39. The van der Waals surface area contributed by atoms with Crippen molar-refractivity contribution in [3.05, 3.63) is 0 Å². The summed E-state index contributed by atoms with van der Waals surface area (Å²) in [6.07, 6.45) is 5.42. The van der Waals surface area contributed by atoms with Gasteiger partial charge in [-0.2, -0.15) is 5.26 Å². The summed E-state index contributed by atoms with van der Waals surface area (Å²) in [6.45, 7) is 3.95. The predicted octanol–water partition coefficient (Wildman–Crippen LogP) is 2.48. The monoisotopic (exact) mass is 246 g/mol. The van der Waals surface area contributed by atoms with Crippen LogP contribution in [-0.2, 0) is 4.79 Å². The van der Waals surface area contributed by atoms with E-state index >= 15 is 0 Å². The Morgan fingerprint density at radius 2 is 1.83 bits per heavy atom. The first kappa shape index (κ1) is 12.0. The number of hydrogen-bond donors (Lipinski definition) is 1. The van der Waals surface area contributed by atoms with Gasteiger partial charge in [-0.05, 0) is 55.8 Å². The fourth-order valence-electron chi connectivity index (χ4n) is 4.61. The van der Waals surface area contributed by atoms with Crippen molar-refractivity contribution in [1.29, 1.82) is 5.26 Å². The van der Waals surface area contributed by atoms with Gasteiger partial charge in [-0.25, -0.2) is 0 Å². The van der Waals surface area contributed by atoms with Gasteiger partial charge in [-0.15, -0.1) is 0 Å². The van der Waals surface area contributed by atoms with Gasteiger partial charge in [0.05, 0.1) is 6.07 Å². The maximum Gasteiger partial charge on any atom is 0.224 e. The molecule has 0 heterocycles. The number of nitrogens with zero attached hydrogens (tertiary/aromatic N) is 1. The van der Waals surface area contributed by atoms with Crippen molar-refractivity contribution in [2.75, 3.05) is 0 Å². The van der Waals surface area contributed by atoms with Gasteiger partial charge in [-0.1, -0.05) is 13.8 Å². The van der Waals surface area contributed by atoms with Crippen LogP contribution in [0.2, 0.25) is 0 Å². The van der Waals surface area contributed by atoms with Gasteiger partial charge in [0.25, 0.3) is 0 Å². The SMILES string of the molecule is CCC(C#N)(CC)NC(=O)C1C2C3CCC(C3)C12. The van der Waals surface area contributed by atoms with E-state index < -0.39 is 5.54 Å². The van der Waals surface area contributed by atoms with Gasteiger partial charge in [0.15, 0.2) is 0 Å². The number of nitrogens with one attached hydrogen (secondary N) is 1. The second-order valence-corrected chi connectivity index (χ2v) is 6.40. The van der Waals surface area contributed by atoms with Crippen LogP contribution in [-0.4, -0.2) is 11.4 Å². The smallest absolute Gasteiger partial charge is 0.224 e. The topological polar surface area (TPSA) is 52.9 Å². The fourth-order valence-corrected chi connectivity index (χ4v) is 4.61. The number of hydrogen-bond acceptors (Lipinski definition) is 2.